The molecule has 1 aliphatic rings. The summed E-state index contributed by atoms with van der Waals surface area (Å²) in [5.74, 6) is -2.45. The molecule has 8 heteroatoms. The molecule has 1 saturated heterocycles. The fraction of sp³-hybridized carbons (Fsp3) is 0.417. The Bertz CT molecular complexity index is 634. The number of carboxylic acids is 1. The molecule has 1 aliphatic heterocycles. The average molecular weight is 322 g/mol. The van der Waals surface area contributed by atoms with E-state index in [1.165, 1.54) is 12.1 Å². The molecule has 1 aromatic rings. The summed E-state index contributed by atoms with van der Waals surface area (Å²) in [6, 6.07) is 2.58. The molecule has 1 fully saturated rings. The van der Waals surface area contributed by atoms with E-state index >= 15 is 0 Å². The molecule has 0 aliphatic carbocycles. The third-order valence-corrected chi connectivity index (χ3v) is 5.25. The Balaban J connectivity index is 2.27. The highest BCUT2D eigenvalue weighted by Gasteiger charge is 2.38. The van der Waals surface area contributed by atoms with Gasteiger partial charge >= 0.3 is 5.97 Å². The first kappa shape index (κ1) is 15.2. The molecule has 2 rings (SSSR count). The summed E-state index contributed by atoms with van der Waals surface area (Å²) < 4.78 is 39.0. The van der Waals surface area contributed by atoms with Crippen molar-refractivity contribution in [3.05, 3.63) is 34.6 Å². The summed E-state index contributed by atoms with van der Waals surface area (Å²) in [4.78, 5) is 11.0. The average Bonchev–Trinajstić information content (AvgIpc) is 2.83. The van der Waals surface area contributed by atoms with Gasteiger partial charge < -0.3 is 5.11 Å². The number of aliphatic carboxylic acids is 1. The van der Waals surface area contributed by atoms with Crippen LogP contribution in [0.5, 0.6) is 0 Å². The lowest BCUT2D eigenvalue weighted by Gasteiger charge is -2.21. The normalized spacial score (nSPS) is 20.2. The minimum atomic E-state index is -3.89. The zero-order chi connectivity index (χ0) is 14.9. The third kappa shape index (κ3) is 3.11. The Kier molecular flexibility index (Phi) is 4.31. The molecular formula is C12H13ClFNO4S. The highest BCUT2D eigenvalue weighted by Crippen LogP contribution is 2.25. The van der Waals surface area contributed by atoms with E-state index < -0.39 is 33.6 Å². The lowest BCUT2D eigenvalue weighted by atomic mass is 10.2. The van der Waals surface area contributed by atoms with Gasteiger partial charge in [0.2, 0.25) is 10.0 Å². The second-order valence-corrected chi connectivity index (χ2v) is 6.96. The Hall–Kier alpha value is -1.18. The number of halogens is 2. The lowest BCUT2D eigenvalue weighted by molar-refractivity contribution is -0.140. The maximum atomic E-state index is 13.6. The summed E-state index contributed by atoms with van der Waals surface area (Å²) in [7, 11) is -3.89. The van der Waals surface area contributed by atoms with Crippen molar-refractivity contribution in [1.29, 1.82) is 0 Å². The van der Waals surface area contributed by atoms with Crippen molar-refractivity contribution in [2.75, 3.05) is 6.54 Å². The molecule has 1 aromatic carbocycles. The molecular weight excluding hydrogens is 309 g/mol. The molecule has 0 radical (unpaired) electrons. The lowest BCUT2D eigenvalue weighted by Crippen LogP contribution is -2.41. The van der Waals surface area contributed by atoms with E-state index in [-0.39, 0.29) is 23.6 Å². The van der Waals surface area contributed by atoms with Gasteiger partial charge in [-0.3, -0.25) is 4.79 Å². The van der Waals surface area contributed by atoms with Crippen LogP contribution in [0.2, 0.25) is 5.02 Å². The van der Waals surface area contributed by atoms with Crippen LogP contribution in [-0.4, -0.2) is 36.4 Å². The molecule has 20 heavy (non-hydrogen) atoms. The van der Waals surface area contributed by atoms with E-state index in [9.17, 15) is 17.6 Å². The highest BCUT2D eigenvalue weighted by atomic mass is 35.5. The fourth-order valence-electron chi connectivity index (χ4n) is 2.25. The van der Waals surface area contributed by atoms with E-state index in [0.29, 0.717) is 6.42 Å². The van der Waals surface area contributed by atoms with Crippen molar-refractivity contribution in [2.45, 2.75) is 24.6 Å². The SMILES string of the molecule is O=C(O)C1CCCN1S(=O)(=O)Cc1cc(Cl)ccc1F. The molecule has 110 valence electrons. The molecule has 0 saturated carbocycles. The van der Waals surface area contributed by atoms with Crippen LogP contribution in [0.1, 0.15) is 18.4 Å². The van der Waals surface area contributed by atoms with Gasteiger partial charge in [0.1, 0.15) is 11.9 Å². The van der Waals surface area contributed by atoms with Crippen molar-refractivity contribution in [2.24, 2.45) is 0 Å². The molecule has 0 spiro atoms. The van der Waals surface area contributed by atoms with E-state index in [0.717, 1.165) is 10.4 Å². The Morgan fingerprint density at radius 2 is 2.20 bits per heavy atom. The predicted molar refractivity (Wildman–Crippen MR) is 71.4 cm³/mol. The van der Waals surface area contributed by atoms with Crippen molar-refractivity contribution in [3.63, 3.8) is 0 Å². The molecule has 1 atom stereocenters. The zero-order valence-corrected chi connectivity index (χ0v) is 12.0. The van der Waals surface area contributed by atoms with Crippen LogP contribution in [-0.2, 0) is 20.6 Å². The van der Waals surface area contributed by atoms with Crippen LogP contribution in [0, 0.1) is 5.82 Å². The quantitative estimate of drug-likeness (QED) is 0.918. The first-order valence-electron chi connectivity index (χ1n) is 5.97. The van der Waals surface area contributed by atoms with Gasteiger partial charge in [-0.2, -0.15) is 4.31 Å². The van der Waals surface area contributed by atoms with Crippen LogP contribution in [0.15, 0.2) is 18.2 Å². The van der Waals surface area contributed by atoms with Crippen LogP contribution in [0.25, 0.3) is 0 Å². The van der Waals surface area contributed by atoms with E-state index in [1.807, 2.05) is 0 Å². The van der Waals surface area contributed by atoms with Crippen molar-refractivity contribution in [1.82, 2.24) is 4.31 Å². The Labute approximate surface area is 121 Å². The zero-order valence-electron chi connectivity index (χ0n) is 10.4. The number of benzene rings is 1. The number of nitrogens with zero attached hydrogens (tertiary/aromatic N) is 1. The molecule has 1 unspecified atom stereocenters. The summed E-state index contributed by atoms with van der Waals surface area (Å²) >= 11 is 5.72. The smallest absolute Gasteiger partial charge is 0.322 e. The molecule has 1 N–H and O–H groups in total. The standard InChI is InChI=1S/C12H13ClFNO4S/c13-9-3-4-10(14)8(6-9)7-20(18,19)15-5-1-2-11(15)12(16)17/h3-4,6,11H,1-2,5,7H2,(H,16,17). The first-order chi connectivity index (χ1) is 9.31. The van der Waals surface area contributed by atoms with Crippen molar-refractivity contribution < 1.29 is 22.7 Å². The summed E-state index contributed by atoms with van der Waals surface area (Å²) in [6.45, 7) is 0.140. The van der Waals surface area contributed by atoms with Gasteiger partial charge in [0.15, 0.2) is 0 Å². The largest absolute Gasteiger partial charge is 0.480 e. The topological polar surface area (TPSA) is 74.7 Å². The van der Waals surface area contributed by atoms with Crippen molar-refractivity contribution >= 4 is 27.6 Å². The molecule has 0 amide bonds. The second kappa shape index (κ2) is 5.67. The van der Waals surface area contributed by atoms with Crippen LogP contribution >= 0.6 is 11.6 Å². The van der Waals surface area contributed by atoms with Gasteiger partial charge in [-0.25, -0.2) is 12.8 Å². The number of carbonyl (C=O) groups is 1. The summed E-state index contributed by atoms with van der Waals surface area (Å²) in [5.41, 5.74) is -0.0615. The number of carboxylic acid groups (broad SMARTS) is 1. The molecule has 1 heterocycles. The van der Waals surface area contributed by atoms with Crippen molar-refractivity contribution in [3.8, 4) is 0 Å². The van der Waals surface area contributed by atoms with E-state index in [4.69, 9.17) is 16.7 Å². The third-order valence-electron chi connectivity index (χ3n) is 3.19. The minimum Gasteiger partial charge on any atom is -0.480 e. The number of hydrogen-bond acceptors (Lipinski definition) is 3. The maximum absolute atomic E-state index is 13.6. The number of rotatable bonds is 4. The second-order valence-electron chi connectivity index (χ2n) is 4.60. The van der Waals surface area contributed by atoms with E-state index in [1.54, 1.807) is 0 Å². The number of sulfonamides is 1. The molecule has 0 aromatic heterocycles. The van der Waals surface area contributed by atoms with Gasteiger partial charge in [-0.15, -0.1) is 0 Å². The summed E-state index contributed by atoms with van der Waals surface area (Å²) in [5, 5.41) is 9.24. The van der Waals surface area contributed by atoms with Crippen LogP contribution in [0.3, 0.4) is 0 Å². The highest BCUT2D eigenvalue weighted by molar-refractivity contribution is 7.88. The summed E-state index contributed by atoms with van der Waals surface area (Å²) in [6.07, 6.45) is 0.751. The van der Waals surface area contributed by atoms with Gasteiger partial charge in [-0.05, 0) is 31.0 Å². The van der Waals surface area contributed by atoms with Gasteiger partial charge in [0, 0.05) is 17.1 Å². The maximum Gasteiger partial charge on any atom is 0.322 e. The monoisotopic (exact) mass is 321 g/mol. The first-order valence-corrected chi connectivity index (χ1v) is 7.96. The van der Waals surface area contributed by atoms with Gasteiger partial charge in [0.25, 0.3) is 0 Å². The van der Waals surface area contributed by atoms with Gasteiger partial charge in [-0.1, -0.05) is 11.6 Å². The fourth-order valence-corrected chi connectivity index (χ4v) is 4.22. The van der Waals surface area contributed by atoms with Crippen LogP contribution in [0.4, 0.5) is 4.39 Å². The number of hydrogen-bond donors (Lipinski definition) is 1. The van der Waals surface area contributed by atoms with E-state index in [2.05, 4.69) is 0 Å². The Morgan fingerprint density at radius 3 is 2.85 bits per heavy atom. The molecule has 0 bridgehead atoms. The van der Waals surface area contributed by atoms with Gasteiger partial charge in [0.05, 0.1) is 5.75 Å². The molecule has 5 nitrogen and oxygen atoms in total. The predicted octanol–water partition coefficient (Wildman–Crippen LogP) is 1.86. The minimum absolute atomic E-state index is 0.0615. The van der Waals surface area contributed by atoms with Crippen LogP contribution < -0.4 is 0 Å². The Morgan fingerprint density at radius 1 is 1.50 bits per heavy atom.